The summed E-state index contributed by atoms with van der Waals surface area (Å²) in [6.45, 7) is 1.51. The molecule has 0 bridgehead atoms. The van der Waals surface area contributed by atoms with Crippen molar-refractivity contribution in [2.45, 2.75) is 19.1 Å². The minimum Gasteiger partial charge on any atom is -0.371 e. The molecule has 3 rings (SSSR count). The number of hydrogen-bond donors (Lipinski definition) is 0. The largest absolute Gasteiger partial charge is 0.371 e. The normalized spacial score (nSPS) is 19.0. The minimum absolute atomic E-state index is 0.0949. The summed E-state index contributed by atoms with van der Waals surface area (Å²) in [4.78, 5) is 4.12. The molecular weight excluding hydrogens is 329 g/mol. The van der Waals surface area contributed by atoms with E-state index in [1.807, 2.05) is 4.68 Å². The van der Waals surface area contributed by atoms with Gasteiger partial charge in [0.1, 0.15) is 12.4 Å². The minimum atomic E-state index is 0.0949. The summed E-state index contributed by atoms with van der Waals surface area (Å²) in [6.07, 6.45) is 2.85. The zero-order valence-corrected chi connectivity index (χ0v) is 11.4. The Labute approximate surface area is 113 Å². The molecule has 2 heterocycles. The number of halogens is 1. The second-order valence-electron chi connectivity index (χ2n) is 4.04. The van der Waals surface area contributed by atoms with Crippen LogP contribution in [0.2, 0.25) is 0 Å². The van der Waals surface area contributed by atoms with Crippen molar-refractivity contribution in [2.24, 2.45) is 0 Å². The maximum atomic E-state index is 5.83. The maximum Gasteiger partial charge on any atom is 0.211 e. The third kappa shape index (κ3) is 2.35. The fourth-order valence-electron chi connectivity index (χ4n) is 2.16. The van der Waals surface area contributed by atoms with Crippen molar-refractivity contribution < 1.29 is 4.74 Å². The maximum absolute atomic E-state index is 5.83. The Bertz CT molecular complexity index is 526. The van der Waals surface area contributed by atoms with E-state index in [-0.39, 0.29) is 6.10 Å². The summed E-state index contributed by atoms with van der Waals surface area (Å²) in [5, 5.41) is 4.29. The first-order chi connectivity index (χ1) is 8.33. The van der Waals surface area contributed by atoms with Crippen molar-refractivity contribution in [1.29, 1.82) is 0 Å². The topological polar surface area (TPSA) is 39.9 Å². The lowest BCUT2D eigenvalue weighted by molar-refractivity contribution is 0.0282. The molecule has 0 spiro atoms. The fourth-order valence-corrected chi connectivity index (χ4v) is 2.56. The monoisotopic (exact) mass is 341 g/mol. The highest BCUT2D eigenvalue weighted by Crippen LogP contribution is 2.27. The number of hydrogen-bond acceptors (Lipinski definition) is 3. The lowest BCUT2D eigenvalue weighted by Crippen LogP contribution is -2.20. The van der Waals surface area contributed by atoms with Crippen molar-refractivity contribution in [3.8, 4) is 0 Å². The Balaban J connectivity index is 1.85. The van der Waals surface area contributed by atoms with Crippen LogP contribution in [-0.4, -0.2) is 21.4 Å². The van der Waals surface area contributed by atoms with Gasteiger partial charge in [-0.3, -0.25) is 0 Å². The van der Waals surface area contributed by atoms with Crippen LogP contribution in [0.3, 0.4) is 0 Å². The van der Waals surface area contributed by atoms with E-state index in [1.165, 1.54) is 11.1 Å². The molecule has 1 unspecified atom stereocenters. The molecule has 0 radical (unpaired) electrons. The van der Waals surface area contributed by atoms with E-state index in [0.717, 1.165) is 23.4 Å². The van der Waals surface area contributed by atoms with Crippen LogP contribution >= 0.6 is 22.6 Å². The van der Waals surface area contributed by atoms with Gasteiger partial charge in [-0.05, 0) is 17.5 Å². The Kier molecular flexibility index (Phi) is 3.11. The molecule has 0 amide bonds. The van der Waals surface area contributed by atoms with Gasteiger partial charge >= 0.3 is 0 Å². The molecule has 0 saturated heterocycles. The highest BCUT2D eigenvalue weighted by molar-refractivity contribution is 14.1. The molecule has 5 heteroatoms. The number of nitrogens with zero attached hydrogens (tertiary/aromatic N) is 3. The second kappa shape index (κ2) is 4.73. The third-order valence-electron chi connectivity index (χ3n) is 2.95. The van der Waals surface area contributed by atoms with Gasteiger partial charge in [0.25, 0.3) is 0 Å². The predicted molar refractivity (Wildman–Crippen MR) is 71.6 cm³/mol. The van der Waals surface area contributed by atoms with E-state index >= 15 is 0 Å². The van der Waals surface area contributed by atoms with Crippen molar-refractivity contribution in [3.05, 3.63) is 45.6 Å². The number of ether oxygens (including phenoxy) is 1. The van der Waals surface area contributed by atoms with Crippen molar-refractivity contribution in [1.82, 2.24) is 14.8 Å². The van der Waals surface area contributed by atoms with Crippen LogP contribution in [0, 0.1) is 3.83 Å². The van der Waals surface area contributed by atoms with Gasteiger partial charge in [-0.25, -0.2) is 9.67 Å². The Morgan fingerprint density at radius 3 is 3.12 bits per heavy atom. The van der Waals surface area contributed by atoms with E-state index in [4.69, 9.17) is 4.74 Å². The third-order valence-corrected chi connectivity index (χ3v) is 3.45. The molecule has 1 aliphatic rings. The van der Waals surface area contributed by atoms with Crippen LogP contribution in [0.4, 0.5) is 0 Å². The molecule has 1 aromatic carbocycles. The molecule has 1 atom stereocenters. The van der Waals surface area contributed by atoms with Gasteiger partial charge in [-0.15, -0.1) is 5.10 Å². The molecular formula is C12H12IN3O. The lowest BCUT2D eigenvalue weighted by Gasteiger charge is -2.25. The van der Waals surface area contributed by atoms with E-state index in [0.29, 0.717) is 0 Å². The first-order valence-corrected chi connectivity index (χ1v) is 6.65. The zero-order valence-electron chi connectivity index (χ0n) is 9.21. The fraction of sp³-hybridized carbons (Fsp3) is 0.333. The van der Waals surface area contributed by atoms with Gasteiger partial charge in [0.05, 0.1) is 13.2 Å². The van der Waals surface area contributed by atoms with Gasteiger partial charge in [-0.2, -0.15) is 0 Å². The molecule has 0 aliphatic carbocycles. The Hall–Kier alpha value is -0.950. The number of rotatable bonds is 2. The summed E-state index contributed by atoms with van der Waals surface area (Å²) in [5.74, 6) is 0. The average Bonchev–Trinajstić information content (AvgIpc) is 2.75. The van der Waals surface area contributed by atoms with Crippen LogP contribution in [0.5, 0.6) is 0 Å². The van der Waals surface area contributed by atoms with Crippen LogP contribution in [-0.2, 0) is 17.7 Å². The molecule has 4 nitrogen and oxygen atoms in total. The lowest BCUT2D eigenvalue weighted by atomic mass is 9.98. The van der Waals surface area contributed by atoms with Crippen molar-refractivity contribution in [2.75, 3.05) is 6.61 Å². The van der Waals surface area contributed by atoms with E-state index in [1.54, 1.807) is 6.33 Å². The van der Waals surface area contributed by atoms with Gasteiger partial charge in [0, 0.05) is 22.6 Å². The van der Waals surface area contributed by atoms with Crippen LogP contribution in [0.1, 0.15) is 17.2 Å². The highest BCUT2D eigenvalue weighted by atomic mass is 127. The molecule has 17 heavy (non-hydrogen) atoms. The van der Waals surface area contributed by atoms with E-state index in [2.05, 4.69) is 56.9 Å². The molecule has 88 valence electrons. The number of aromatic nitrogens is 3. The number of benzene rings is 1. The molecule has 1 aromatic heterocycles. The summed E-state index contributed by atoms with van der Waals surface area (Å²) in [6, 6.07) is 8.46. The molecule has 0 N–H and O–H groups in total. The molecule has 0 saturated carbocycles. The quantitative estimate of drug-likeness (QED) is 0.787. The summed E-state index contributed by atoms with van der Waals surface area (Å²) < 4.78 is 8.44. The van der Waals surface area contributed by atoms with Crippen molar-refractivity contribution in [3.63, 3.8) is 0 Å². The van der Waals surface area contributed by atoms with Crippen LogP contribution in [0.15, 0.2) is 30.6 Å². The zero-order chi connectivity index (χ0) is 11.7. The second-order valence-corrected chi connectivity index (χ2v) is 5.01. The Morgan fingerprint density at radius 2 is 2.29 bits per heavy atom. The summed E-state index contributed by atoms with van der Waals surface area (Å²) in [5.41, 5.74) is 2.67. The Morgan fingerprint density at radius 1 is 1.41 bits per heavy atom. The summed E-state index contributed by atoms with van der Waals surface area (Å²) >= 11 is 2.11. The van der Waals surface area contributed by atoms with Crippen LogP contribution < -0.4 is 0 Å². The van der Waals surface area contributed by atoms with Crippen molar-refractivity contribution >= 4 is 22.6 Å². The highest BCUT2D eigenvalue weighted by Gasteiger charge is 2.21. The SMILES string of the molecule is Ic1ncn(CC2OCCc3ccccc32)n1. The van der Waals surface area contributed by atoms with Gasteiger partial charge in [0.15, 0.2) is 0 Å². The van der Waals surface area contributed by atoms with Gasteiger partial charge in [-0.1, -0.05) is 24.3 Å². The van der Waals surface area contributed by atoms with Gasteiger partial charge in [0.2, 0.25) is 3.83 Å². The van der Waals surface area contributed by atoms with Crippen LogP contribution in [0.25, 0.3) is 0 Å². The van der Waals surface area contributed by atoms with E-state index < -0.39 is 0 Å². The number of fused-ring (bicyclic) bond motifs is 1. The molecule has 2 aromatic rings. The smallest absolute Gasteiger partial charge is 0.211 e. The van der Waals surface area contributed by atoms with Gasteiger partial charge < -0.3 is 4.74 Å². The molecule has 1 aliphatic heterocycles. The molecule has 0 fully saturated rings. The standard InChI is InChI=1S/C12H12IN3O/c13-12-14-8-16(15-12)7-11-10-4-2-1-3-9(10)5-6-17-11/h1-4,8,11H,5-7H2. The first-order valence-electron chi connectivity index (χ1n) is 5.57. The predicted octanol–water partition coefficient (Wildman–Crippen LogP) is 2.20. The van der Waals surface area contributed by atoms with E-state index in [9.17, 15) is 0 Å². The summed E-state index contributed by atoms with van der Waals surface area (Å²) in [7, 11) is 0. The first kappa shape index (κ1) is 11.2. The average molecular weight is 341 g/mol.